The van der Waals surface area contributed by atoms with Crippen LogP contribution in [0.1, 0.15) is 36.9 Å². The van der Waals surface area contributed by atoms with Gasteiger partial charge < -0.3 is 9.64 Å². The van der Waals surface area contributed by atoms with Crippen LogP contribution in [-0.4, -0.2) is 67.7 Å². The number of hydrogen-bond acceptors (Lipinski definition) is 4. The lowest BCUT2D eigenvalue weighted by molar-refractivity contribution is -0.136. The van der Waals surface area contributed by atoms with Crippen LogP contribution in [0.25, 0.3) is 0 Å². The number of carbonyl (C=O) groups excluding carboxylic acids is 1. The maximum atomic E-state index is 12.8. The molecule has 0 bridgehead atoms. The average Bonchev–Trinajstić information content (AvgIpc) is 2.64. The van der Waals surface area contributed by atoms with E-state index in [0.29, 0.717) is 0 Å². The number of carbonyl (C=O) groups is 1. The summed E-state index contributed by atoms with van der Waals surface area (Å²) in [6.07, 6.45) is 2.01. The molecule has 5 heteroatoms. The quantitative estimate of drug-likeness (QED) is 0.856. The smallest absolute Gasteiger partial charge is 0.239 e. The summed E-state index contributed by atoms with van der Waals surface area (Å²) in [6.45, 7) is 10.5. The van der Waals surface area contributed by atoms with Gasteiger partial charge in [-0.3, -0.25) is 15.0 Å². The zero-order valence-corrected chi connectivity index (χ0v) is 15.5. The van der Waals surface area contributed by atoms with Gasteiger partial charge in [-0.25, -0.2) is 0 Å². The maximum absolute atomic E-state index is 12.8. The second-order valence-electron chi connectivity index (χ2n) is 7.27. The van der Waals surface area contributed by atoms with Crippen molar-refractivity contribution in [3.63, 3.8) is 0 Å². The molecule has 2 heterocycles. The molecule has 2 unspecified atom stereocenters. The fourth-order valence-corrected chi connectivity index (χ4v) is 3.66. The Morgan fingerprint density at radius 1 is 1.16 bits per heavy atom. The molecular formula is C20H31N3O2. The van der Waals surface area contributed by atoms with Gasteiger partial charge >= 0.3 is 0 Å². The van der Waals surface area contributed by atoms with Gasteiger partial charge in [-0.05, 0) is 32.3 Å². The first-order chi connectivity index (χ1) is 12.1. The van der Waals surface area contributed by atoms with Crippen molar-refractivity contribution < 1.29 is 9.53 Å². The Kier molecular flexibility index (Phi) is 6.45. The number of nitrogens with one attached hydrogen (secondary N) is 1. The summed E-state index contributed by atoms with van der Waals surface area (Å²) in [6, 6.07) is 8.69. The summed E-state index contributed by atoms with van der Waals surface area (Å²) in [5.41, 5.74) is 2.50. The van der Waals surface area contributed by atoms with E-state index in [1.54, 1.807) is 0 Å². The molecule has 0 saturated carbocycles. The third-order valence-corrected chi connectivity index (χ3v) is 5.35. The SMILES string of the molecule is Cc1ccc(C(C)NC2CCCN(CCN3CCOCC3)C2=O)cc1. The van der Waals surface area contributed by atoms with E-state index in [1.165, 1.54) is 11.1 Å². The van der Waals surface area contributed by atoms with Crippen LogP contribution < -0.4 is 5.32 Å². The fraction of sp³-hybridized carbons (Fsp3) is 0.650. The molecule has 1 amide bonds. The average molecular weight is 345 g/mol. The normalized spacial score (nSPS) is 23.7. The number of hydrogen-bond donors (Lipinski definition) is 1. The van der Waals surface area contributed by atoms with Gasteiger partial charge in [-0.15, -0.1) is 0 Å². The molecule has 2 fully saturated rings. The molecule has 2 aliphatic heterocycles. The van der Waals surface area contributed by atoms with Gasteiger partial charge in [0.2, 0.25) is 5.91 Å². The van der Waals surface area contributed by atoms with E-state index in [9.17, 15) is 4.79 Å². The topological polar surface area (TPSA) is 44.8 Å². The van der Waals surface area contributed by atoms with Gasteiger partial charge in [0.25, 0.3) is 0 Å². The van der Waals surface area contributed by atoms with Crippen LogP contribution in [0, 0.1) is 6.92 Å². The first-order valence-electron chi connectivity index (χ1n) is 9.55. The largest absolute Gasteiger partial charge is 0.379 e. The van der Waals surface area contributed by atoms with Crippen LogP contribution >= 0.6 is 0 Å². The van der Waals surface area contributed by atoms with E-state index >= 15 is 0 Å². The Labute approximate surface area is 151 Å². The van der Waals surface area contributed by atoms with Crippen molar-refractivity contribution in [2.45, 2.75) is 38.8 Å². The van der Waals surface area contributed by atoms with Crippen LogP contribution in [0.2, 0.25) is 0 Å². The van der Waals surface area contributed by atoms with Crippen molar-refractivity contribution in [3.8, 4) is 0 Å². The number of rotatable bonds is 6. The van der Waals surface area contributed by atoms with Gasteiger partial charge in [0.1, 0.15) is 0 Å². The Morgan fingerprint density at radius 2 is 1.88 bits per heavy atom. The van der Waals surface area contributed by atoms with E-state index in [4.69, 9.17) is 4.74 Å². The first-order valence-corrected chi connectivity index (χ1v) is 9.55. The van der Waals surface area contributed by atoms with Crippen LogP contribution in [-0.2, 0) is 9.53 Å². The second-order valence-corrected chi connectivity index (χ2v) is 7.27. The molecule has 1 N–H and O–H groups in total. The highest BCUT2D eigenvalue weighted by atomic mass is 16.5. The number of ether oxygens (including phenoxy) is 1. The number of aryl methyl sites for hydroxylation is 1. The van der Waals surface area contributed by atoms with Crippen molar-refractivity contribution in [2.75, 3.05) is 45.9 Å². The lowest BCUT2D eigenvalue weighted by Gasteiger charge is -2.36. The summed E-state index contributed by atoms with van der Waals surface area (Å²) < 4.78 is 5.39. The van der Waals surface area contributed by atoms with Gasteiger partial charge in [0, 0.05) is 38.8 Å². The lowest BCUT2D eigenvalue weighted by atomic mass is 10.0. The van der Waals surface area contributed by atoms with Gasteiger partial charge in [0.05, 0.1) is 19.3 Å². The molecule has 138 valence electrons. The molecule has 2 saturated heterocycles. The van der Waals surface area contributed by atoms with Crippen LogP contribution in [0.4, 0.5) is 0 Å². The summed E-state index contributed by atoms with van der Waals surface area (Å²) >= 11 is 0. The molecule has 1 aromatic carbocycles. The van der Waals surface area contributed by atoms with Crippen molar-refractivity contribution in [3.05, 3.63) is 35.4 Å². The van der Waals surface area contributed by atoms with Crippen LogP contribution in [0.5, 0.6) is 0 Å². The van der Waals surface area contributed by atoms with Crippen molar-refractivity contribution >= 4 is 5.91 Å². The summed E-state index contributed by atoms with van der Waals surface area (Å²) in [4.78, 5) is 17.3. The molecule has 3 rings (SSSR count). The molecule has 2 aliphatic rings. The number of morpholine rings is 1. The highest BCUT2D eigenvalue weighted by Crippen LogP contribution is 2.18. The number of nitrogens with zero attached hydrogens (tertiary/aromatic N) is 2. The number of piperidine rings is 1. The third kappa shape index (κ3) is 5.03. The molecule has 0 aromatic heterocycles. The van der Waals surface area contributed by atoms with E-state index in [2.05, 4.69) is 48.3 Å². The van der Waals surface area contributed by atoms with E-state index in [1.807, 2.05) is 4.90 Å². The summed E-state index contributed by atoms with van der Waals surface area (Å²) in [5.74, 6) is 0.262. The first kappa shape index (κ1) is 18.4. The molecule has 0 aliphatic carbocycles. The van der Waals surface area contributed by atoms with E-state index in [0.717, 1.165) is 58.8 Å². The highest BCUT2D eigenvalue weighted by Gasteiger charge is 2.29. The van der Waals surface area contributed by atoms with E-state index < -0.39 is 0 Å². The molecular weight excluding hydrogens is 314 g/mol. The molecule has 25 heavy (non-hydrogen) atoms. The molecule has 0 spiro atoms. The summed E-state index contributed by atoms with van der Waals surface area (Å²) in [5, 5.41) is 3.55. The highest BCUT2D eigenvalue weighted by molar-refractivity contribution is 5.82. The molecule has 2 atom stereocenters. The standard InChI is InChI=1S/C20H31N3O2/c1-16-5-7-18(8-6-16)17(2)21-19-4-3-9-23(20(19)24)11-10-22-12-14-25-15-13-22/h5-8,17,19,21H,3-4,9-15H2,1-2H3. The number of likely N-dealkylation sites (tertiary alicyclic amines) is 1. The minimum atomic E-state index is -0.0604. The van der Waals surface area contributed by atoms with Crippen molar-refractivity contribution in [2.24, 2.45) is 0 Å². The zero-order valence-electron chi connectivity index (χ0n) is 15.5. The van der Waals surface area contributed by atoms with Crippen LogP contribution in [0.3, 0.4) is 0 Å². The minimum absolute atomic E-state index is 0.0604. The second kappa shape index (κ2) is 8.79. The zero-order chi connectivity index (χ0) is 17.6. The maximum Gasteiger partial charge on any atom is 0.239 e. The fourth-order valence-electron chi connectivity index (χ4n) is 3.66. The predicted molar refractivity (Wildman–Crippen MR) is 99.6 cm³/mol. The number of benzene rings is 1. The monoisotopic (exact) mass is 345 g/mol. The molecule has 0 radical (unpaired) electrons. The lowest BCUT2D eigenvalue weighted by Crippen LogP contribution is -2.53. The predicted octanol–water partition coefficient (Wildman–Crippen LogP) is 1.97. The number of amides is 1. The third-order valence-electron chi connectivity index (χ3n) is 5.35. The molecule has 5 nitrogen and oxygen atoms in total. The van der Waals surface area contributed by atoms with Crippen molar-refractivity contribution in [1.82, 2.24) is 15.1 Å². The van der Waals surface area contributed by atoms with Gasteiger partial charge in [0.15, 0.2) is 0 Å². The van der Waals surface area contributed by atoms with E-state index in [-0.39, 0.29) is 18.0 Å². The van der Waals surface area contributed by atoms with Crippen molar-refractivity contribution in [1.29, 1.82) is 0 Å². The summed E-state index contributed by atoms with van der Waals surface area (Å²) in [7, 11) is 0. The van der Waals surface area contributed by atoms with Gasteiger partial charge in [-0.2, -0.15) is 0 Å². The Balaban J connectivity index is 1.51. The Hall–Kier alpha value is -1.43. The Bertz CT molecular complexity index is 555. The van der Waals surface area contributed by atoms with Gasteiger partial charge in [-0.1, -0.05) is 29.8 Å². The minimum Gasteiger partial charge on any atom is -0.379 e. The van der Waals surface area contributed by atoms with Crippen LogP contribution in [0.15, 0.2) is 24.3 Å². The Morgan fingerprint density at radius 3 is 2.60 bits per heavy atom. The molecule has 1 aromatic rings.